The summed E-state index contributed by atoms with van der Waals surface area (Å²) < 4.78 is 83.8. The van der Waals surface area contributed by atoms with Gasteiger partial charge in [-0.25, -0.2) is 17.9 Å². The van der Waals surface area contributed by atoms with Gasteiger partial charge < -0.3 is 15.2 Å². The number of hydrogen-bond donors (Lipinski definition) is 2. The predicted octanol–water partition coefficient (Wildman–Crippen LogP) is 4.60. The summed E-state index contributed by atoms with van der Waals surface area (Å²) in [5.74, 6) is -7.81. The quantitative estimate of drug-likeness (QED) is 0.240. The summed E-state index contributed by atoms with van der Waals surface area (Å²) in [4.78, 5) is 39.5. The van der Waals surface area contributed by atoms with E-state index >= 15 is 0 Å². The maximum absolute atomic E-state index is 14.0. The molecule has 2 aliphatic carbocycles. The van der Waals surface area contributed by atoms with Crippen molar-refractivity contribution in [1.82, 2.24) is 24.9 Å². The van der Waals surface area contributed by atoms with Crippen LogP contribution in [0, 0.1) is 19.7 Å². The molecule has 15 heteroatoms. The fraction of sp³-hybridized carbons (Fsp3) is 0.423. The smallest absolute Gasteiger partial charge is 0.343 e. The zero-order valence-corrected chi connectivity index (χ0v) is 22.0. The minimum atomic E-state index is -5.00. The van der Waals surface area contributed by atoms with Gasteiger partial charge >= 0.3 is 6.18 Å². The summed E-state index contributed by atoms with van der Waals surface area (Å²) >= 11 is 0. The molecule has 2 aliphatic rings. The Kier molecular flexibility index (Phi) is 6.54. The number of amides is 2. The van der Waals surface area contributed by atoms with Crippen molar-refractivity contribution in [3.63, 3.8) is 0 Å². The van der Waals surface area contributed by atoms with Gasteiger partial charge in [0, 0.05) is 31.3 Å². The van der Waals surface area contributed by atoms with Crippen LogP contribution in [0.1, 0.15) is 75.1 Å². The number of benzene rings is 1. The molecule has 2 heterocycles. The fourth-order valence-electron chi connectivity index (χ4n) is 5.21. The molecule has 0 bridgehead atoms. The van der Waals surface area contributed by atoms with E-state index < -0.39 is 59.5 Å². The first kappa shape index (κ1) is 28.4. The SMILES string of the molecule is Cc1c(C(=O)C(=O)NC2(c3cn(C4CC4)nn3)CC(F)(F)C2)c(C)n(C)c1C(=O)Nc1ccc(F)c(C(F)(F)F)c1. The van der Waals surface area contributed by atoms with Gasteiger partial charge in [-0.2, -0.15) is 13.2 Å². The van der Waals surface area contributed by atoms with Crippen molar-refractivity contribution >= 4 is 23.3 Å². The lowest BCUT2D eigenvalue weighted by atomic mass is 9.71. The highest BCUT2D eigenvalue weighted by Gasteiger charge is 2.60. The van der Waals surface area contributed by atoms with E-state index in [-0.39, 0.29) is 39.9 Å². The molecule has 0 saturated heterocycles. The van der Waals surface area contributed by atoms with Crippen molar-refractivity contribution in [2.45, 2.75) is 63.2 Å². The van der Waals surface area contributed by atoms with Crippen LogP contribution in [0.4, 0.5) is 32.0 Å². The summed E-state index contributed by atoms with van der Waals surface area (Å²) in [6, 6.07) is 2.05. The summed E-state index contributed by atoms with van der Waals surface area (Å²) in [5, 5.41) is 12.6. The first-order valence-electron chi connectivity index (χ1n) is 12.5. The Morgan fingerprint density at radius 1 is 1.10 bits per heavy atom. The van der Waals surface area contributed by atoms with E-state index in [0.29, 0.717) is 12.1 Å². The summed E-state index contributed by atoms with van der Waals surface area (Å²) in [6.07, 6.45) is -3.34. The van der Waals surface area contributed by atoms with Gasteiger partial charge in [0.05, 0.1) is 28.9 Å². The Morgan fingerprint density at radius 3 is 2.34 bits per heavy atom. The van der Waals surface area contributed by atoms with E-state index in [1.54, 1.807) is 0 Å². The van der Waals surface area contributed by atoms with Crippen LogP contribution in [0.5, 0.6) is 0 Å². The zero-order chi connectivity index (χ0) is 30.1. The van der Waals surface area contributed by atoms with E-state index in [0.717, 1.165) is 18.9 Å². The van der Waals surface area contributed by atoms with Gasteiger partial charge in [-0.3, -0.25) is 14.4 Å². The van der Waals surface area contributed by atoms with E-state index in [1.165, 1.54) is 36.3 Å². The topological polar surface area (TPSA) is 111 Å². The van der Waals surface area contributed by atoms with Gasteiger partial charge in [-0.1, -0.05) is 5.21 Å². The highest BCUT2D eigenvalue weighted by atomic mass is 19.4. The van der Waals surface area contributed by atoms with Crippen molar-refractivity contribution in [2.75, 3.05) is 5.32 Å². The first-order chi connectivity index (χ1) is 19.0. The third-order valence-electron chi connectivity index (χ3n) is 7.50. The molecule has 3 aromatic rings. The van der Waals surface area contributed by atoms with Gasteiger partial charge in [0.1, 0.15) is 17.2 Å². The van der Waals surface area contributed by atoms with Gasteiger partial charge in [-0.15, -0.1) is 5.10 Å². The molecule has 0 spiro atoms. The Morgan fingerprint density at radius 2 is 1.76 bits per heavy atom. The lowest BCUT2D eigenvalue weighted by molar-refractivity contribution is -0.148. The molecule has 0 radical (unpaired) electrons. The number of hydrogen-bond acceptors (Lipinski definition) is 5. The average molecular weight is 583 g/mol. The standard InChI is InChI=1S/C26H24F6N6O3/c1-12-19(13(2)37(3)20(12)22(40)33-14-4-7-17(27)16(8-14)26(30,31)32)21(39)23(41)34-24(10-25(28,29)11-24)18-9-38(36-35-18)15-5-6-15/h4,7-9,15H,5-6,10-11H2,1-3H3,(H,33,40)(H,34,41). The zero-order valence-electron chi connectivity index (χ0n) is 22.0. The second-order valence-electron chi connectivity index (χ2n) is 10.5. The van der Waals surface area contributed by atoms with Crippen LogP contribution in [-0.2, 0) is 23.6 Å². The van der Waals surface area contributed by atoms with E-state index in [9.17, 15) is 40.7 Å². The molecule has 0 aliphatic heterocycles. The molecule has 2 amide bonds. The number of alkyl halides is 5. The first-order valence-corrected chi connectivity index (χ1v) is 12.5. The van der Waals surface area contributed by atoms with Gasteiger partial charge in [0.15, 0.2) is 0 Å². The maximum Gasteiger partial charge on any atom is 0.419 e. The maximum atomic E-state index is 14.0. The van der Waals surface area contributed by atoms with Gasteiger partial charge in [-0.05, 0) is 50.5 Å². The molecular formula is C26H24F6N6O3. The van der Waals surface area contributed by atoms with Crippen LogP contribution >= 0.6 is 0 Å². The summed E-state index contributed by atoms with van der Waals surface area (Å²) in [7, 11) is 1.40. The van der Waals surface area contributed by atoms with Gasteiger partial charge in [0.2, 0.25) is 0 Å². The molecule has 218 valence electrons. The second-order valence-corrected chi connectivity index (χ2v) is 10.5. The molecule has 2 saturated carbocycles. The molecule has 5 rings (SSSR count). The van der Waals surface area contributed by atoms with Crippen molar-refractivity contribution in [1.29, 1.82) is 0 Å². The van der Waals surface area contributed by atoms with Crippen LogP contribution < -0.4 is 10.6 Å². The lowest BCUT2D eigenvalue weighted by Gasteiger charge is -2.46. The predicted molar refractivity (Wildman–Crippen MR) is 131 cm³/mol. The number of ketones is 1. The third-order valence-corrected chi connectivity index (χ3v) is 7.50. The molecule has 9 nitrogen and oxygen atoms in total. The van der Waals surface area contributed by atoms with E-state index in [2.05, 4.69) is 20.9 Å². The lowest BCUT2D eigenvalue weighted by Crippen LogP contribution is -2.61. The number of nitrogens with zero attached hydrogens (tertiary/aromatic N) is 4. The number of nitrogens with one attached hydrogen (secondary N) is 2. The van der Waals surface area contributed by atoms with Crippen molar-refractivity contribution in [2.24, 2.45) is 7.05 Å². The van der Waals surface area contributed by atoms with Gasteiger partial charge in [0.25, 0.3) is 23.5 Å². The normalized spacial score (nSPS) is 17.6. The van der Waals surface area contributed by atoms with Crippen LogP contribution in [0.15, 0.2) is 24.4 Å². The summed E-state index contributed by atoms with van der Waals surface area (Å²) in [5.41, 5.74) is -3.53. The third kappa shape index (κ3) is 5.08. The van der Waals surface area contributed by atoms with E-state index in [1.807, 2.05) is 0 Å². The molecule has 2 N–H and O–H groups in total. The number of anilines is 1. The van der Waals surface area contributed by atoms with Crippen LogP contribution in [0.3, 0.4) is 0 Å². The Bertz CT molecular complexity index is 1580. The molecule has 41 heavy (non-hydrogen) atoms. The van der Waals surface area contributed by atoms with E-state index in [4.69, 9.17) is 0 Å². The summed E-state index contributed by atoms with van der Waals surface area (Å²) in [6.45, 7) is 2.81. The Balaban J connectivity index is 1.39. The molecule has 2 fully saturated rings. The second kappa shape index (κ2) is 9.45. The Labute approximate surface area is 228 Å². The monoisotopic (exact) mass is 582 g/mol. The molecule has 0 unspecified atom stereocenters. The van der Waals surface area contributed by atoms with Crippen LogP contribution in [0.25, 0.3) is 0 Å². The minimum absolute atomic E-state index is 0.0356. The minimum Gasteiger partial charge on any atom is -0.343 e. The number of halogens is 6. The average Bonchev–Trinajstić information content (AvgIpc) is 3.53. The van der Waals surface area contributed by atoms with Crippen LogP contribution in [0.2, 0.25) is 0 Å². The van der Waals surface area contributed by atoms with Crippen molar-refractivity contribution in [3.05, 3.63) is 64.0 Å². The largest absolute Gasteiger partial charge is 0.419 e. The fourth-order valence-corrected chi connectivity index (χ4v) is 5.21. The number of rotatable bonds is 7. The number of aromatic nitrogens is 4. The number of carbonyl (C=O) groups excluding carboxylic acids is 3. The molecule has 1 aromatic carbocycles. The van der Waals surface area contributed by atoms with Crippen molar-refractivity contribution < 1.29 is 40.7 Å². The molecule has 2 aromatic heterocycles. The highest BCUT2D eigenvalue weighted by molar-refractivity contribution is 6.43. The molecule has 0 atom stereocenters. The van der Waals surface area contributed by atoms with Crippen molar-refractivity contribution in [3.8, 4) is 0 Å². The Hall–Kier alpha value is -4.17. The highest BCUT2D eigenvalue weighted by Crippen LogP contribution is 2.51. The van der Waals surface area contributed by atoms with Crippen LogP contribution in [-0.4, -0.2) is 43.1 Å². The molecular weight excluding hydrogens is 558 g/mol. The number of Topliss-reactive ketones (excluding diaryl/α,β-unsaturated/α-hetero) is 1. The number of carbonyl (C=O) groups is 3.